The molecule has 2 aliphatic heterocycles. The van der Waals surface area contributed by atoms with Gasteiger partial charge in [0, 0.05) is 38.9 Å². The van der Waals surface area contributed by atoms with Crippen LogP contribution in [0.25, 0.3) is 11.3 Å². The third kappa shape index (κ3) is 6.17. The first-order valence-corrected chi connectivity index (χ1v) is 17.3. The van der Waals surface area contributed by atoms with E-state index in [2.05, 4.69) is 48.7 Å². The molecule has 0 saturated carbocycles. The van der Waals surface area contributed by atoms with Crippen molar-refractivity contribution in [3.05, 3.63) is 59.0 Å². The Morgan fingerprint density at radius 3 is 2.60 bits per heavy atom. The van der Waals surface area contributed by atoms with Gasteiger partial charge < -0.3 is 14.8 Å². The average molecular weight is 564 g/mol. The first-order chi connectivity index (χ1) is 19.0. The molecule has 0 aliphatic carbocycles. The quantitative estimate of drug-likeness (QED) is 0.210. The molecule has 40 heavy (non-hydrogen) atoms. The topological polar surface area (TPSA) is 73.6 Å². The smallest absolute Gasteiger partial charge is 0.144 e. The Kier molecular flexibility index (Phi) is 7.91. The second-order valence-corrected chi connectivity index (χ2v) is 17.5. The van der Waals surface area contributed by atoms with Crippen LogP contribution in [-0.2, 0) is 16.2 Å². The van der Waals surface area contributed by atoms with Gasteiger partial charge in [0.15, 0.2) is 0 Å². The number of nitrogens with zero attached hydrogens (tertiary/aromatic N) is 4. The summed E-state index contributed by atoms with van der Waals surface area (Å²) in [4.78, 5) is 9.28. The molecule has 4 heterocycles. The fourth-order valence-electron chi connectivity index (χ4n) is 4.69. The molecule has 5 rings (SSSR count). The van der Waals surface area contributed by atoms with Gasteiger partial charge in [0.25, 0.3) is 0 Å². The lowest BCUT2D eigenvalue weighted by atomic mass is 9.83. The lowest BCUT2D eigenvalue weighted by molar-refractivity contribution is 0.0487. The number of hydrogen-bond donors (Lipinski definition) is 1. The molecule has 7 nitrogen and oxygen atoms in total. The van der Waals surface area contributed by atoms with Crippen molar-refractivity contribution in [2.24, 2.45) is 10.4 Å². The average Bonchev–Trinajstić information content (AvgIpc) is 3.09. The van der Waals surface area contributed by atoms with E-state index in [0.29, 0.717) is 48.3 Å². The van der Waals surface area contributed by atoms with Crippen LogP contribution in [0.1, 0.15) is 36.7 Å². The van der Waals surface area contributed by atoms with Gasteiger partial charge in [-0.1, -0.05) is 31.6 Å². The Labute approximate surface area is 235 Å². The molecule has 1 saturated heterocycles. The van der Waals surface area contributed by atoms with Crippen molar-refractivity contribution in [1.82, 2.24) is 14.8 Å². The lowest BCUT2D eigenvalue weighted by Gasteiger charge is -2.28. The normalized spacial score (nSPS) is 16.1. The summed E-state index contributed by atoms with van der Waals surface area (Å²) in [5.74, 6) is 5.28. The summed E-state index contributed by atoms with van der Waals surface area (Å²) in [5.41, 5.74) is 3.30. The van der Waals surface area contributed by atoms with E-state index < -0.39 is 19.7 Å². The minimum absolute atomic E-state index is 0.0493. The number of aryl methyl sites for hydroxylation is 1. The Balaban J connectivity index is 1.59. The zero-order valence-corrected chi connectivity index (χ0v) is 24.7. The zero-order chi connectivity index (χ0) is 28.5. The molecular weight excluding hydrogens is 528 g/mol. The molecule has 2 aliphatic rings. The monoisotopic (exact) mass is 563 g/mol. The number of halogens is 2. The SMILES string of the molecule is Cc1nn(COCC[Si](C)(C)C)c2c1N=C(c1c(F)cccc1F)Nc1cnc(C#CC3(C)CCOCC3)cc1-2. The third-order valence-electron chi connectivity index (χ3n) is 7.23. The maximum atomic E-state index is 14.9. The van der Waals surface area contributed by atoms with Crippen molar-refractivity contribution in [1.29, 1.82) is 0 Å². The van der Waals surface area contributed by atoms with Crippen LogP contribution in [-0.4, -0.2) is 48.5 Å². The summed E-state index contributed by atoms with van der Waals surface area (Å²) in [6, 6.07) is 6.66. The third-order valence-corrected chi connectivity index (χ3v) is 8.93. The van der Waals surface area contributed by atoms with Crippen LogP contribution in [0.15, 0.2) is 35.5 Å². The molecule has 0 amide bonds. The van der Waals surface area contributed by atoms with Crippen LogP contribution >= 0.6 is 0 Å². The van der Waals surface area contributed by atoms with Crippen LogP contribution in [0.3, 0.4) is 0 Å². The van der Waals surface area contributed by atoms with Gasteiger partial charge >= 0.3 is 0 Å². The maximum absolute atomic E-state index is 14.9. The molecule has 10 heteroatoms. The molecule has 0 bridgehead atoms. The first kappa shape index (κ1) is 28.1. The number of rotatable bonds is 6. The first-order valence-electron chi connectivity index (χ1n) is 13.6. The highest BCUT2D eigenvalue weighted by molar-refractivity contribution is 6.76. The van der Waals surface area contributed by atoms with Gasteiger partial charge in [-0.25, -0.2) is 23.4 Å². The molecule has 0 atom stereocenters. The van der Waals surface area contributed by atoms with E-state index in [0.717, 1.165) is 24.4 Å². The molecule has 210 valence electrons. The van der Waals surface area contributed by atoms with Crippen LogP contribution < -0.4 is 5.32 Å². The van der Waals surface area contributed by atoms with Crippen molar-refractivity contribution in [2.45, 2.75) is 59.1 Å². The molecule has 3 aromatic rings. The highest BCUT2D eigenvalue weighted by atomic mass is 28.3. The fraction of sp³-hybridized carbons (Fsp3) is 0.433. The number of aliphatic imine (C=N–C) groups is 1. The molecule has 0 spiro atoms. The summed E-state index contributed by atoms with van der Waals surface area (Å²) in [6.45, 7) is 13.1. The number of nitrogens with one attached hydrogen (secondary N) is 1. The van der Waals surface area contributed by atoms with Gasteiger partial charge in [0.05, 0.1) is 28.8 Å². The van der Waals surface area contributed by atoms with Crippen molar-refractivity contribution < 1.29 is 18.3 Å². The second-order valence-electron chi connectivity index (χ2n) is 11.9. The number of fused-ring (bicyclic) bond motifs is 3. The van der Waals surface area contributed by atoms with E-state index >= 15 is 0 Å². The van der Waals surface area contributed by atoms with Gasteiger partial charge in [-0.05, 0) is 56.9 Å². The van der Waals surface area contributed by atoms with Crippen LogP contribution in [0.4, 0.5) is 20.2 Å². The molecular formula is C30H35F2N5O2Si. The summed E-state index contributed by atoms with van der Waals surface area (Å²) < 4.78 is 43.0. The number of anilines is 1. The Morgan fingerprint density at radius 1 is 1.18 bits per heavy atom. The lowest BCUT2D eigenvalue weighted by Crippen LogP contribution is -2.24. The number of aromatic nitrogens is 3. The minimum atomic E-state index is -1.27. The Hall–Kier alpha value is -3.39. The largest absolute Gasteiger partial charge is 0.381 e. The van der Waals surface area contributed by atoms with E-state index in [9.17, 15) is 8.78 Å². The number of benzene rings is 1. The summed E-state index contributed by atoms with van der Waals surface area (Å²) in [7, 11) is -1.27. The Bertz CT molecular complexity index is 1490. The van der Waals surface area contributed by atoms with E-state index in [4.69, 9.17) is 19.6 Å². The maximum Gasteiger partial charge on any atom is 0.144 e. The molecule has 0 radical (unpaired) electrons. The van der Waals surface area contributed by atoms with Crippen LogP contribution in [0.2, 0.25) is 25.7 Å². The summed E-state index contributed by atoms with van der Waals surface area (Å²) >= 11 is 0. The predicted molar refractivity (Wildman–Crippen MR) is 156 cm³/mol. The number of hydrogen-bond acceptors (Lipinski definition) is 6. The van der Waals surface area contributed by atoms with Gasteiger partial charge in [-0.15, -0.1) is 0 Å². The predicted octanol–water partition coefficient (Wildman–Crippen LogP) is 6.52. The highest BCUT2D eigenvalue weighted by Gasteiger charge is 2.28. The minimum Gasteiger partial charge on any atom is -0.381 e. The highest BCUT2D eigenvalue weighted by Crippen LogP contribution is 2.41. The van der Waals surface area contributed by atoms with E-state index in [1.165, 1.54) is 18.2 Å². The molecule has 2 aromatic heterocycles. The second kappa shape index (κ2) is 11.2. The van der Waals surface area contributed by atoms with Gasteiger partial charge in [-0.2, -0.15) is 5.10 Å². The fourth-order valence-corrected chi connectivity index (χ4v) is 5.44. The Morgan fingerprint density at radius 2 is 1.90 bits per heavy atom. The standard InChI is InChI=1S/C30H35F2N5O2Si/c1-20-27-28(37(36-20)19-39-15-16-40(3,4)5)22-17-21(9-10-30(2)11-13-38-14-12-30)33-18-25(22)34-29(35-27)26-23(31)7-6-8-24(26)32/h6-8,17-18H,11-16,19H2,1-5H3,(H,34,35). The zero-order valence-electron chi connectivity index (χ0n) is 23.7. The summed E-state index contributed by atoms with van der Waals surface area (Å²) in [5, 5.41) is 7.85. The molecule has 1 aromatic carbocycles. The van der Waals surface area contributed by atoms with E-state index in [-0.39, 0.29) is 23.5 Å². The van der Waals surface area contributed by atoms with Crippen molar-refractivity contribution in [3.8, 4) is 23.1 Å². The van der Waals surface area contributed by atoms with E-state index in [1.807, 2.05) is 13.0 Å². The molecule has 0 unspecified atom stereocenters. The molecule has 1 N–H and O–H groups in total. The summed E-state index contributed by atoms with van der Waals surface area (Å²) in [6.07, 6.45) is 3.36. The number of pyridine rings is 1. The van der Waals surface area contributed by atoms with Crippen LogP contribution in [0, 0.1) is 35.8 Å². The van der Waals surface area contributed by atoms with Gasteiger partial charge in [0.2, 0.25) is 0 Å². The van der Waals surface area contributed by atoms with Crippen molar-refractivity contribution in [3.63, 3.8) is 0 Å². The van der Waals surface area contributed by atoms with Gasteiger partial charge in [-0.3, -0.25) is 0 Å². The van der Waals surface area contributed by atoms with Gasteiger partial charge in [0.1, 0.15) is 35.6 Å². The van der Waals surface area contributed by atoms with Crippen molar-refractivity contribution in [2.75, 3.05) is 25.1 Å². The van der Waals surface area contributed by atoms with Crippen LogP contribution in [0.5, 0.6) is 0 Å². The van der Waals surface area contributed by atoms with E-state index in [1.54, 1.807) is 10.9 Å². The van der Waals surface area contributed by atoms with Crippen molar-refractivity contribution >= 4 is 25.3 Å². The molecule has 1 fully saturated rings. The number of amidine groups is 1. The number of ether oxygens (including phenoxy) is 2.